The number of rotatable bonds is 4. The molecule has 0 heterocycles. The number of hydrogen-bond donors (Lipinski definition) is 0. The van der Waals surface area contributed by atoms with Crippen molar-refractivity contribution in [2.45, 2.75) is 59.5 Å². The Bertz CT molecular complexity index is 536. The van der Waals surface area contributed by atoms with Gasteiger partial charge in [0.25, 0.3) is 0 Å². The first-order chi connectivity index (χ1) is 9.29. The van der Waals surface area contributed by atoms with Crippen LogP contribution in [0.4, 0.5) is 0 Å². The van der Waals surface area contributed by atoms with E-state index in [4.69, 9.17) is 16.3 Å². The molecule has 0 spiro atoms. The highest BCUT2D eigenvalue weighted by molar-refractivity contribution is 6.31. The lowest BCUT2D eigenvalue weighted by Crippen LogP contribution is -2.54. The summed E-state index contributed by atoms with van der Waals surface area (Å²) < 4.78 is 6.12. The lowest BCUT2D eigenvalue weighted by atomic mass is 9.64. The Morgan fingerprint density at radius 1 is 1.45 bits per heavy atom. The van der Waals surface area contributed by atoms with Crippen LogP contribution in [0.1, 0.15) is 57.6 Å². The molecule has 2 atom stereocenters. The van der Waals surface area contributed by atoms with Gasteiger partial charge in [-0.05, 0) is 49.4 Å². The minimum Gasteiger partial charge on any atom is -0.489 e. The maximum Gasteiger partial charge on any atom is 0.146 e. The molecule has 0 saturated heterocycles. The van der Waals surface area contributed by atoms with Gasteiger partial charge in [0, 0.05) is 11.4 Å². The molecule has 1 aliphatic rings. The molecule has 1 aromatic rings. The van der Waals surface area contributed by atoms with Crippen LogP contribution in [0, 0.1) is 12.3 Å². The van der Waals surface area contributed by atoms with Crippen LogP contribution in [0.3, 0.4) is 0 Å². The maximum atomic E-state index is 11.8. The van der Waals surface area contributed by atoms with Crippen molar-refractivity contribution in [3.63, 3.8) is 0 Å². The molecular weight excluding hydrogens is 272 g/mol. The predicted molar refractivity (Wildman–Crippen MR) is 82.7 cm³/mol. The Labute approximate surface area is 126 Å². The normalized spacial score (nSPS) is 25.8. The number of hydrogen-bond acceptors (Lipinski definition) is 2. The highest BCUT2D eigenvalue weighted by Crippen LogP contribution is 2.43. The van der Waals surface area contributed by atoms with Crippen molar-refractivity contribution in [2.24, 2.45) is 5.41 Å². The van der Waals surface area contributed by atoms with Gasteiger partial charge in [0.1, 0.15) is 17.6 Å². The number of carbonyl (C=O) groups excluding carboxylic acids is 1. The number of ether oxygens (including phenoxy) is 1. The van der Waals surface area contributed by atoms with Crippen LogP contribution < -0.4 is 4.74 Å². The van der Waals surface area contributed by atoms with E-state index >= 15 is 0 Å². The van der Waals surface area contributed by atoms with Crippen LogP contribution in [0.25, 0.3) is 0 Å². The van der Waals surface area contributed by atoms with Gasteiger partial charge in [-0.1, -0.05) is 32.4 Å². The summed E-state index contributed by atoms with van der Waals surface area (Å²) in [6.45, 7) is 10.3. The standard InChI is InChI=1S/C17H23ClO2/c1-6-17(5)15(19)9-16(17)20-14-8-12(10(2)3)13(18)7-11(14)4/h7-8,10,16H,6,9H2,1-5H3. The van der Waals surface area contributed by atoms with E-state index in [1.807, 2.05) is 32.9 Å². The third kappa shape index (κ3) is 2.46. The van der Waals surface area contributed by atoms with Crippen LogP contribution in [-0.4, -0.2) is 11.9 Å². The summed E-state index contributed by atoms with van der Waals surface area (Å²) >= 11 is 6.28. The molecule has 0 amide bonds. The second-order valence-electron chi connectivity index (χ2n) is 6.30. The number of carbonyl (C=O) groups is 1. The molecule has 2 rings (SSSR count). The summed E-state index contributed by atoms with van der Waals surface area (Å²) in [6.07, 6.45) is 1.32. The molecule has 0 radical (unpaired) electrons. The van der Waals surface area contributed by atoms with E-state index in [-0.39, 0.29) is 11.5 Å². The van der Waals surface area contributed by atoms with Crippen molar-refractivity contribution < 1.29 is 9.53 Å². The Kier molecular flexibility index (Phi) is 4.15. The molecule has 0 bridgehead atoms. The van der Waals surface area contributed by atoms with Crippen LogP contribution >= 0.6 is 11.6 Å². The fourth-order valence-corrected chi connectivity index (χ4v) is 3.10. The zero-order valence-electron chi connectivity index (χ0n) is 12.9. The van der Waals surface area contributed by atoms with Crippen LogP contribution in [-0.2, 0) is 4.79 Å². The number of Topliss-reactive ketones (excluding diaryl/α,β-unsaturated/α-hetero) is 1. The molecule has 110 valence electrons. The molecule has 1 aromatic carbocycles. The number of halogens is 1. The zero-order chi connectivity index (χ0) is 15.1. The number of aryl methyl sites for hydroxylation is 1. The van der Waals surface area contributed by atoms with Crippen molar-refractivity contribution >= 4 is 17.4 Å². The van der Waals surface area contributed by atoms with Gasteiger partial charge in [-0.2, -0.15) is 0 Å². The van der Waals surface area contributed by atoms with Crippen molar-refractivity contribution in [3.05, 3.63) is 28.3 Å². The van der Waals surface area contributed by atoms with Gasteiger partial charge in [-0.3, -0.25) is 4.79 Å². The van der Waals surface area contributed by atoms with Crippen molar-refractivity contribution in [3.8, 4) is 5.75 Å². The van der Waals surface area contributed by atoms with Gasteiger partial charge in [-0.25, -0.2) is 0 Å². The second kappa shape index (κ2) is 5.40. The van der Waals surface area contributed by atoms with Crippen molar-refractivity contribution in [2.75, 3.05) is 0 Å². The lowest BCUT2D eigenvalue weighted by Gasteiger charge is -2.44. The number of benzene rings is 1. The lowest BCUT2D eigenvalue weighted by molar-refractivity contribution is -0.150. The van der Waals surface area contributed by atoms with E-state index in [1.165, 1.54) is 0 Å². The average molecular weight is 295 g/mol. The first-order valence-electron chi connectivity index (χ1n) is 7.29. The summed E-state index contributed by atoms with van der Waals surface area (Å²) in [4.78, 5) is 11.8. The third-order valence-electron chi connectivity index (χ3n) is 4.64. The summed E-state index contributed by atoms with van der Waals surface area (Å²) in [7, 11) is 0. The molecule has 20 heavy (non-hydrogen) atoms. The van der Waals surface area contributed by atoms with Gasteiger partial charge in [-0.15, -0.1) is 0 Å². The van der Waals surface area contributed by atoms with Gasteiger partial charge >= 0.3 is 0 Å². The van der Waals surface area contributed by atoms with E-state index in [0.29, 0.717) is 18.1 Å². The summed E-state index contributed by atoms with van der Waals surface area (Å²) in [5, 5.41) is 0.785. The first-order valence-corrected chi connectivity index (χ1v) is 7.67. The fraction of sp³-hybridized carbons (Fsp3) is 0.588. The van der Waals surface area contributed by atoms with Gasteiger partial charge in [0.15, 0.2) is 0 Å². The average Bonchev–Trinajstić information content (AvgIpc) is 2.39. The van der Waals surface area contributed by atoms with Gasteiger partial charge in [0.2, 0.25) is 0 Å². The Hall–Kier alpha value is -1.02. The molecule has 0 aromatic heterocycles. The topological polar surface area (TPSA) is 26.3 Å². The molecule has 3 heteroatoms. The zero-order valence-corrected chi connectivity index (χ0v) is 13.7. The Balaban J connectivity index is 2.26. The SMILES string of the molecule is CCC1(C)C(=O)CC1Oc1cc(C(C)C)c(Cl)cc1C. The molecule has 0 aliphatic heterocycles. The van der Waals surface area contributed by atoms with E-state index in [2.05, 4.69) is 13.8 Å². The van der Waals surface area contributed by atoms with Crippen LogP contribution in [0.5, 0.6) is 5.75 Å². The predicted octanol–water partition coefficient (Wildman–Crippen LogP) is 4.91. The molecule has 0 N–H and O–H groups in total. The van der Waals surface area contributed by atoms with Crippen LogP contribution in [0.2, 0.25) is 5.02 Å². The van der Waals surface area contributed by atoms with Crippen molar-refractivity contribution in [1.82, 2.24) is 0 Å². The largest absolute Gasteiger partial charge is 0.489 e. The Morgan fingerprint density at radius 3 is 2.60 bits per heavy atom. The third-order valence-corrected chi connectivity index (χ3v) is 4.97. The van der Waals surface area contributed by atoms with E-state index < -0.39 is 0 Å². The maximum absolute atomic E-state index is 11.8. The summed E-state index contributed by atoms with van der Waals surface area (Å²) in [5.74, 6) is 1.52. The molecule has 1 fully saturated rings. The highest BCUT2D eigenvalue weighted by atomic mass is 35.5. The van der Waals surface area contributed by atoms with E-state index in [1.54, 1.807) is 0 Å². The van der Waals surface area contributed by atoms with Gasteiger partial charge in [0.05, 0.1) is 5.41 Å². The Morgan fingerprint density at radius 2 is 2.10 bits per heavy atom. The first kappa shape index (κ1) is 15.4. The van der Waals surface area contributed by atoms with Crippen molar-refractivity contribution in [1.29, 1.82) is 0 Å². The smallest absolute Gasteiger partial charge is 0.146 e. The van der Waals surface area contributed by atoms with E-state index in [0.717, 1.165) is 28.3 Å². The van der Waals surface area contributed by atoms with Gasteiger partial charge < -0.3 is 4.74 Å². The minimum absolute atomic E-state index is 0.0140. The molecule has 2 unspecified atom stereocenters. The molecule has 2 nitrogen and oxygen atoms in total. The quantitative estimate of drug-likeness (QED) is 0.789. The highest BCUT2D eigenvalue weighted by Gasteiger charge is 2.51. The minimum atomic E-state index is -0.329. The van der Waals surface area contributed by atoms with E-state index in [9.17, 15) is 4.79 Å². The fourth-order valence-electron chi connectivity index (χ4n) is 2.66. The second-order valence-corrected chi connectivity index (χ2v) is 6.71. The molecular formula is C17H23ClO2. The molecule has 1 saturated carbocycles. The summed E-state index contributed by atoms with van der Waals surface area (Å²) in [5.41, 5.74) is 1.79. The monoisotopic (exact) mass is 294 g/mol. The number of ketones is 1. The van der Waals surface area contributed by atoms with Crippen LogP contribution in [0.15, 0.2) is 12.1 Å². The molecule has 1 aliphatic carbocycles. The summed E-state index contributed by atoms with van der Waals surface area (Å²) in [6, 6.07) is 3.98.